The zero-order valence-corrected chi connectivity index (χ0v) is 14.0. The Hall–Kier alpha value is -1.03. The Morgan fingerprint density at radius 3 is 2.13 bits per heavy atom. The molecule has 1 aromatic carbocycles. The molecule has 1 aliphatic rings. The van der Waals surface area contributed by atoms with E-state index in [2.05, 4.69) is 11.7 Å². The first-order valence-electron chi connectivity index (χ1n) is 8.77. The van der Waals surface area contributed by atoms with E-state index in [-0.39, 0.29) is 0 Å². The van der Waals surface area contributed by atoms with E-state index in [4.69, 9.17) is 0 Å². The van der Waals surface area contributed by atoms with Crippen LogP contribution < -0.4 is 0 Å². The van der Waals surface area contributed by atoms with Crippen molar-refractivity contribution in [2.45, 2.75) is 77.2 Å². The molecular weight excluding hydrogens is 301 g/mol. The second kappa shape index (κ2) is 8.18. The van der Waals surface area contributed by atoms with Crippen molar-refractivity contribution in [1.29, 1.82) is 0 Å². The zero-order chi connectivity index (χ0) is 16.9. The molecule has 4 heteroatoms. The van der Waals surface area contributed by atoms with Gasteiger partial charge in [-0.3, -0.25) is 4.74 Å². The highest BCUT2D eigenvalue weighted by Gasteiger charge is 2.33. The highest BCUT2D eigenvalue weighted by Crippen LogP contribution is 2.38. The lowest BCUT2D eigenvalue weighted by atomic mass is 9.77. The number of benzene rings is 1. The maximum atomic E-state index is 12.4. The Labute approximate surface area is 137 Å². The Morgan fingerprint density at radius 1 is 1.04 bits per heavy atom. The van der Waals surface area contributed by atoms with E-state index in [0.717, 1.165) is 5.92 Å². The Bertz CT molecular complexity index is 458. The van der Waals surface area contributed by atoms with Crippen LogP contribution >= 0.6 is 0 Å². The SMILES string of the molecule is CCCC1CCC(c2ccc(C(CC)OC(F)(F)F)cc2)CC1. The largest absolute Gasteiger partial charge is 0.523 e. The number of hydrogen-bond acceptors (Lipinski definition) is 1. The number of halogens is 3. The average molecular weight is 328 g/mol. The van der Waals surface area contributed by atoms with Gasteiger partial charge in [-0.25, -0.2) is 0 Å². The Kier molecular flexibility index (Phi) is 6.51. The summed E-state index contributed by atoms with van der Waals surface area (Å²) >= 11 is 0. The minimum Gasteiger partial charge on any atom is -0.284 e. The first-order chi connectivity index (χ1) is 10.9. The van der Waals surface area contributed by atoms with Gasteiger partial charge in [-0.05, 0) is 55.1 Å². The van der Waals surface area contributed by atoms with Crippen molar-refractivity contribution in [1.82, 2.24) is 0 Å². The monoisotopic (exact) mass is 328 g/mol. The smallest absolute Gasteiger partial charge is 0.284 e. The topological polar surface area (TPSA) is 9.23 Å². The van der Waals surface area contributed by atoms with Crippen molar-refractivity contribution in [3.63, 3.8) is 0 Å². The molecule has 0 amide bonds. The molecule has 1 unspecified atom stereocenters. The number of ether oxygens (including phenoxy) is 1. The lowest BCUT2D eigenvalue weighted by molar-refractivity contribution is -0.345. The fourth-order valence-corrected chi connectivity index (χ4v) is 3.72. The third-order valence-corrected chi connectivity index (χ3v) is 4.97. The maximum Gasteiger partial charge on any atom is 0.523 e. The van der Waals surface area contributed by atoms with Crippen LogP contribution in [0.15, 0.2) is 24.3 Å². The molecule has 1 saturated carbocycles. The Morgan fingerprint density at radius 2 is 1.65 bits per heavy atom. The normalized spacial score (nSPS) is 23.7. The summed E-state index contributed by atoms with van der Waals surface area (Å²) in [6.45, 7) is 3.94. The predicted octanol–water partition coefficient (Wildman–Crippen LogP) is 6.75. The molecule has 0 heterocycles. The molecule has 0 spiro atoms. The van der Waals surface area contributed by atoms with Crippen molar-refractivity contribution >= 4 is 0 Å². The fourth-order valence-electron chi connectivity index (χ4n) is 3.72. The van der Waals surface area contributed by atoms with Crippen molar-refractivity contribution in [3.8, 4) is 0 Å². The molecule has 1 nitrogen and oxygen atoms in total. The lowest BCUT2D eigenvalue weighted by Crippen LogP contribution is -2.18. The van der Waals surface area contributed by atoms with Crippen LogP contribution in [-0.4, -0.2) is 6.36 Å². The fraction of sp³-hybridized carbons (Fsp3) is 0.684. The summed E-state index contributed by atoms with van der Waals surface area (Å²) in [5.74, 6) is 1.42. The van der Waals surface area contributed by atoms with Gasteiger partial charge in [0.2, 0.25) is 0 Å². The van der Waals surface area contributed by atoms with Crippen LogP contribution in [0.5, 0.6) is 0 Å². The molecule has 1 aromatic rings. The molecule has 0 aromatic heterocycles. The summed E-state index contributed by atoms with van der Waals surface area (Å²) in [5.41, 5.74) is 1.86. The molecular formula is C19H27F3O. The molecule has 0 saturated heterocycles. The van der Waals surface area contributed by atoms with Crippen LogP contribution in [0.4, 0.5) is 13.2 Å². The summed E-state index contributed by atoms with van der Waals surface area (Å²) in [6, 6.07) is 7.58. The van der Waals surface area contributed by atoms with Gasteiger partial charge in [-0.15, -0.1) is 13.2 Å². The molecule has 0 N–H and O–H groups in total. The minimum atomic E-state index is -4.59. The second-order valence-electron chi connectivity index (χ2n) is 6.63. The standard InChI is InChI=1S/C19H27F3O/c1-3-5-14-6-8-15(9-7-14)16-10-12-17(13-11-16)18(4-2)23-19(20,21)22/h10-15,18H,3-9H2,1-2H3. The van der Waals surface area contributed by atoms with Crippen molar-refractivity contribution < 1.29 is 17.9 Å². The molecule has 1 fully saturated rings. The third kappa shape index (κ3) is 5.52. The zero-order valence-electron chi connectivity index (χ0n) is 14.0. The van der Waals surface area contributed by atoms with Gasteiger partial charge >= 0.3 is 6.36 Å². The van der Waals surface area contributed by atoms with E-state index in [0.29, 0.717) is 17.9 Å². The molecule has 0 aliphatic heterocycles. The van der Waals surface area contributed by atoms with Gasteiger partial charge in [0.05, 0.1) is 6.10 Å². The van der Waals surface area contributed by atoms with E-state index in [9.17, 15) is 13.2 Å². The van der Waals surface area contributed by atoms with Gasteiger partial charge in [0.25, 0.3) is 0 Å². The second-order valence-corrected chi connectivity index (χ2v) is 6.63. The van der Waals surface area contributed by atoms with Gasteiger partial charge in [-0.1, -0.05) is 51.0 Å². The van der Waals surface area contributed by atoms with Crippen LogP contribution in [0.3, 0.4) is 0 Å². The summed E-state index contributed by atoms with van der Waals surface area (Å²) in [7, 11) is 0. The molecule has 2 rings (SSSR count). The quantitative estimate of drug-likeness (QED) is 0.561. The van der Waals surface area contributed by atoms with Gasteiger partial charge in [-0.2, -0.15) is 0 Å². The maximum absolute atomic E-state index is 12.4. The highest BCUT2D eigenvalue weighted by molar-refractivity contribution is 5.27. The van der Waals surface area contributed by atoms with E-state index < -0.39 is 12.5 Å². The van der Waals surface area contributed by atoms with E-state index in [1.54, 1.807) is 19.1 Å². The first-order valence-corrected chi connectivity index (χ1v) is 8.77. The van der Waals surface area contributed by atoms with Crippen molar-refractivity contribution in [2.24, 2.45) is 5.92 Å². The van der Waals surface area contributed by atoms with Crippen LogP contribution in [0.1, 0.15) is 81.9 Å². The molecule has 0 radical (unpaired) electrons. The lowest BCUT2D eigenvalue weighted by Gasteiger charge is -2.29. The molecule has 1 aliphatic carbocycles. The molecule has 0 bridgehead atoms. The van der Waals surface area contributed by atoms with E-state index >= 15 is 0 Å². The van der Waals surface area contributed by atoms with Crippen LogP contribution in [0, 0.1) is 5.92 Å². The average Bonchev–Trinajstić information content (AvgIpc) is 2.53. The van der Waals surface area contributed by atoms with Crippen molar-refractivity contribution in [3.05, 3.63) is 35.4 Å². The van der Waals surface area contributed by atoms with Crippen LogP contribution in [-0.2, 0) is 4.74 Å². The van der Waals surface area contributed by atoms with E-state index in [1.807, 2.05) is 12.1 Å². The highest BCUT2D eigenvalue weighted by atomic mass is 19.4. The molecule has 130 valence electrons. The summed E-state index contributed by atoms with van der Waals surface area (Å²) in [6.07, 6.45) is 2.31. The number of rotatable bonds is 6. The van der Waals surface area contributed by atoms with E-state index in [1.165, 1.54) is 44.1 Å². The predicted molar refractivity (Wildman–Crippen MR) is 86.2 cm³/mol. The van der Waals surface area contributed by atoms with Gasteiger partial charge < -0.3 is 0 Å². The molecule has 23 heavy (non-hydrogen) atoms. The van der Waals surface area contributed by atoms with Crippen LogP contribution in [0.2, 0.25) is 0 Å². The third-order valence-electron chi connectivity index (χ3n) is 4.97. The van der Waals surface area contributed by atoms with Crippen LogP contribution in [0.25, 0.3) is 0 Å². The van der Waals surface area contributed by atoms with Gasteiger partial charge in [0, 0.05) is 0 Å². The molecule has 1 atom stereocenters. The number of alkyl halides is 3. The van der Waals surface area contributed by atoms with Gasteiger partial charge in [0.1, 0.15) is 0 Å². The first kappa shape index (κ1) is 18.3. The summed E-state index contributed by atoms with van der Waals surface area (Å²) < 4.78 is 41.5. The summed E-state index contributed by atoms with van der Waals surface area (Å²) in [5, 5.41) is 0. The van der Waals surface area contributed by atoms with Crippen molar-refractivity contribution in [2.75, 3.05) is 0 Å². The van der Waals surface area contributed by atoms with Gasteiger partial charge in [0.15, 0.2) is 0 Å². The summed E-state index contributed by atoms with van der Waals surface area (Å²) in [4.78, 5) is 0. The Balaban J connectivity index is 1.96. The minimum absolute atomic E-state index is 0.307. The number of hydrogen-bond donors (Lipinski definition) is 0.